The quantitative estimate of drug-likeness (QED) is 0.356. The van der Waals surface area contributed by atoms with Crippen LogP contribution in [0.2, 0.25) is 5.02 Å². The predicted octanol–water partition coefficient (Wildman–Crippen LogP) is 5.00. The SMILES string of the molecule is O=C(NCCN1CCN(c2nc(Cc3ccc(Cl)cc3)ns2)CC1)c1ccc(-c2ccccc2)cc1. The number of rotatable bonds is 8. The van der Waals surface area contributed by atoms with E-state index >= 15 is 0 Å². The number of anilines is 1. The molecule has 0 bridgehead atoms. The molecular weight excluding hydrogens is 490 g/mol. The maximum Gasteiger partial charge on any atom is 0.251 e. The molecule has 1 aliphatic heterocycles. The number of carbonyl (C=O) groups excluding carboxylic acids is 1. The Morgan fingerprint density at radius 2 is 1.58 bits per heavy atom. The summed E-state index contributed by atoms with van der Waals surface area (Å²) in [6, 6.07) is 25.8. The Labute approximate surface area is 220 Å². The van der Waals surface area contributed by atoms with Crippen molar-refractivity contribution in [2.24, 2.45) is 0 Å². The van der Waals surface area contributed by atoms with Gasteiger partial charge in [-0.1, -0.05) is 66.2 Å². The Bertz CT molecular complexity index is 1270. The van der Waals surface area contributed by atoms with Crippen LogP contribution in [0.5, 0.6) is 0 Å². The molecule has 5 rings (SSSR count). The van der Waals surface area contributed by atoms with Gasteiger partial charge < -0.3 is 10.2 Å². The Balaban J connectivity index is 1.04. The van der Waals surface area contributed by atoms with E-state index < -0.39 is 0 Å². The first-order valence-corrected chi connectivity index (χ1v) is 13.3. The van der Waals surface area contributed by atoms with Crippen LogP contribution in [-0.4, -0.2) is 59.4 Å². The number of aromatic nitrogens is 2. The molecule has 8 heteroatoms. The molecule has 0 unspecified atom stereocenters. The second-order valence-corrected chi connectivity index (χ2v) is 9.99. The topological polar surface area (TPSA) is 61.4 Å². The summed E-state index contributed by atoms with van der Waals surface area (Å²) in [5, 5.41) is 4.77. The van der Waals surface area contributed by atoms with E-state index in [0.717, 1.165) is 65.4 Å². The number of carbonyl (C=O) groups is 1. The van der Waals surface area contributed by atoms with Crippen LogP contribution in [0.25, 0.3) is 11.1 Å². The van der Waals surface area contributed by atoms with Gasteiger partial charge in [0, 0.05) is 67.8 Å². The third-order valence-corrected chi connectivity index (χ3v) is 7.41. The molecule has 4 aromatic rings. The molecule has 6 nitrogen and oxygen atoms in total. The van der Waals surface area contributed by atoms with Gasteiger partial charge in [0.15, 0.2) is 0 Å². The van der Waals surface area contributed by atoms with E-state index in [-0.39, 0.29) is 5.91 Å². The molecule has 1 saturated heterocycles. The summed E-state index contributed by atoms with van der Waals surface area (Å²) in [6.45, 7) is 5.15. The number of benzene rings is 3. The standard InChI is InChI=1S/C28H28ClN5OS/c29-25-12-6-21(7-13-25)20-26-31-28(36-32-26)34-18-16-33(17-19-34)15-14-30-27(35)24-10-8-23(9-11-24)22-4-2-1-3-5-22/h1-13H,14-20H2,(H,30,35). The van der Waals surface area contributed by atoms with Crippen LogP contribution in [-0.2, 0) is 6.42 Å². The minimum Gasteiger partial charge on any atom is -0.351 e. The summed E-state index contributed by atoms with van der Waals surface area (Å²) in [6.07, 6.45) is 0.711. The number of hydrogen-bond acceptors (Lipinski definition) is 6. The average molecular weight is 518 g/mol. The molecule has 184 valence electrons. The van der Waals surface area contributed by atoms with Gasteiger partial charge in [-0.15, -0.1) is 0 Å². The van der Waals surface area contributed by atoms with Crippen molar-refractivity contribution in [2.45, 2.75) is 6.42 Å². The zero-order valence-electron chi connectivity index (χ0n) is 19.9. The predicted molar refractivity (Wildman–Crippen MR) is 147 cm³/mol. The summed E-state index contributed by atoms with van der Waals surface area (Å²) in [7, 11) is 0. The second kappa shape index (κ2) is 11.6. The van der Waals surface area contributed by atoms with Crippen molar-refractivity contribution < 1.29 is 4.79 Å². The summed E-state index contributed by atoms with van der Waals surface area (Å²) >= 11 is 7.43. The van der Waals surface area contributed by atoms with Crippen molar-refractivity contribution in [3.05, 3.63) is 101 Å². The normalized spacial score (nSPS) is 14.1. The highest BCUT2D eigenvalue weighted by Crippen LogP contribution is 2.21. The molecule has 1 fully saturated rings. The fourth-order valence-corrected chi connectivity index (χ4v) is 5.13. The fraction of sp³-hybridized carbons (Fsp3) is 0.250. The lowest BCUT2D eigenvalue weighted by atomic mass is 10.0. The van der Waals surface area contributed by atoms with Gasteiger partial charge in [-0.2, -0.15) is 4.37 Å². The lowest BCUT2D eigenvalue weighted by Crippen LogP contribution is -2.48. The first-order valence-electron chi connectivity index (χ1n) is 12.1. The lowest BCUT2D eigenvalue weighted by molar-refractivity contribution is 0.0948. The van der Waals surface area contributed by atoms with Gasteiger partial charge in [-0.3, -0.25) is 9.69 Å². The molecule has 1 aromatic heterocycles. The number of amides is 1. The highest BCUT2D eigenvalue weighted by atomic mass is 35.5. The Kier molecular flexibility index (Phi) is 7.91. The summed E-state index contributed by atoms with van der Waals surface area (Å²) in [5.74, 6) is 0.814. The average Bonchev–Trinajstić information content (AvgIpc) is 3.39. The molecule has 0 atom stereocenters. The molecule has 0 aliphatic carbocycles. The number of hydrogen-bond donors (Lipinski definition) is 1. The van der Waals surface area contributed by atoms with Crippen LogP contribution in [0, 0.1) is 0 Å². The molecule has 1 N–H and O–H groups in total. The third kappa shape index (κ3) is 6.29. The molecule has 2 heterocycles. The maximum absolute atomic E-state index is 12.6. The lowest BCUT2D eigenvalue weighted by Gasteiger charge is -2.34. The largest absolute Gasteiger partial charge is 0.351 e. The van der Waals surface area contributed by atoms with Crippen molar-refractivity contribution in [3.63, 3.8) is 0 Å². The molecule has 3 aromatic carbocycles. The van der Waals surface area contributed by atoms with Crippen LogP contribution >= 0.6 is 23.1 Å². The molecule has 1 aliphatic rings. The number of piperazine rings is 1. The maximum atomic E-state index is 12.6. The van der Waals surface area contributed by atoms with Gasteiger partial charge in [0.1, 0.15) is 5.82 Å². The Morgan fingerprint density at radius 3 is 2.31 bits per heavy atom. The minimum atomic E-state index is -0.0321. The zero-order valence-corrected chi connectivity index (χ0v) is 21.5. The van der Waals surface area contributed by atoms with Crippen molar-refractivity contribution in [1.29, 1.82) is 0 Å². The van der Waals surface area contributed by atoms with Crippen LogP contribution in [0.15, 0.2) is 78.9 Å². The number of halogens is 1. The summed E-state index contributed by atoms with van der Waals surface area (Å²) < 4.78 is 4.54. The molecule has 0 spiro atoms. The van der Waals surface area contributed by atoms with E-state index in [1.807, 2.05) is 66.7 Å². The van der Waals surface area contributed by atoms with Crippen LogP contribution in [0.4, 0.5) is 5.13 Å². The Hall–Kier alpha value is -3.26. The third-order valence-electron chi connectivity index (χ3n) is 6.34. The fourth-order valence-electron chi connectivity index (χ4n) is 4.27. The smallest absolute Gasteiger partial charge is 0.251 e. The van der Waals surface area contributed by atoms with Crippen molar-refractivity contribution in [2.75, 3.05) is 44.2 Å². The van der Waals surface area contributed by atoms with E-state index in [0.29, 0.717) is 18.5 Å². The first-order chi connectivity index (χ1) is 17.6. The Morgan fingerprint density at radius 1 is 0.889 bits per heavy atom. The monoisotopic (exact) mass is 517 g/mol. The minimum absolute atomic E-state index is 0.0321. The number of nitrogens with zero attached hydrogens (tertiary/aromatic N) is 4. The van der Waals surface area contributed by atoms with E-state index in [2.05, 4.69) is 31.6 Å². The van der Waals surface area contributed by atoms with Crippen molar-refractivity contribution in [3.8, 4) is 11.1 Å². The molecule has 0 saturated carbocycles. The molecule has 1 amide bonds. The van der Waals surface area contributed by atoms with Gasteiger partial charge in [-0.05, 0) is 41.0 Å². The molecule has 36 heavy (non-hydrogen) atoms. The van der Waals surface area contributed by atoms with Crippen LogP contribution in [0.3, 0.4) is 0 Å². The first kappa shape index (κ1) is 24.4. The highest BCUT2D eigenvalue weighted by molar-refractivity contribution is 7.09. The second-order valence-electron chi connectivity index (χ2n) is 8.82. The van der Waals surface area contributed by atoms with Crippen molar-refractivity contribution in [1.82, 2.24) is 19.6 Å². The van der Waals surface area contributed by atoms with E-state index in [9.17, 15) is 4.79 Å². The van der Waals surface area contributed by atoms with Gasteiger partial charge in [0.25, 0.3) is 5.91 Å². The summed E-state index contributed by atoms with van der Waals surface area (Å²) in [5.41, 5.74) is 4.10. The van der Waals surface area contributed by atoms with E-state index in [1.54, 1.807) is 0 Å². The van der Waals surface area contributed by atoms with Crippen molar-refractivity contribution >= 4 is 34.2 Å². The summed E-state index contributed by atoms with van der Waals surface area (Å²) in [4.78, 5) is 22.0. The van der Waals surface area contributed by atoms with Gasteiger partial charge in [0.2, 0.25) is 5.13 Å². The van der Waals surface area contributed by atoms with Crippen LogP contribution < -0.4 is 10.2 Å². The highest BCUT2D eigenvalue weighted by Gasteiger charge is 2.20. The van der Waals surface area contributed by atoms with E-state index in [4.69, 9.17) is 16.6 Å². The van der Waals surface area contributed by atoms with Gasteiger partial charge in [-0.25, -0.2) is 4.98 Å². The zero-order chi connectivity index (χ0) is 24.7. The van der Waals surface area contributed by atoms with Gasteiger partial charge in [0.05, 0.1) is 0 Å². The molecule has 0 radical (unpaired) electrons. The molecular formula is C28H28ClN5OS. The number of nitrogens with one attached hydrogen (secondary N) is 1. The van der Waals surface area contributed by atoms with Gasteiger partial charge >= 0.3 is 0 Å². The van der Waals surface area contributed by atoms with E-state index in [1.165, 1.54) is 11.5 Å². The van der Waals surface area contributed by atoms with Crippen LogP contribution in [0.1, 0.15) is 21.7 Å².